The average Bonchev–Trinajstić information content (AvgIpc) is 3.10. The Labute approximate surface area is 118 Å². The van der Waals surface area contributed by atoms with Gasteiger partial charge in [-0.25, -0.2) is 0 Å². The van der Waals surface area contributed by atoms with E-state index in [0.717, 1.165) is 30.1 Å². The van der Waals surface area contributed by atoms with E-state index in [2.05, 4.69) is 5.32 Å². The van der Waals surface area contributed by atoms with E-state index in [9.17, 15) is 4.79 Å². The van der Waals surface area contributed by atoms with Gasteiger partial charge in [-0.3, -0.25) is 4.79 Å². The van der Waals surface area contributed by atoms with Crippen molar-refractivity contribution in [2.24, 2.45) is 0 Å². The van der Waals surface area contributed by atoms with Crippen LogP contribution in [0.3, 0.4) is 0 Å². The van der Waals surface area contributed by atoms with E-state index in [1.807, 2.05) is 18.2 Å². The van der Waals surface area contributed by atoms with Crippen LogP contribution in [0.5, 0.6) is 11.5 Å². The molecule has 2 saturated heterocycles. The van der Waals surface area contributed by atoms with Crippen molar-refractivity contribution in [2.75, 3.05) is 26.9 Å². The van der Waals surface area contributed by atoms with E-state index < -0.39 is 0 Å². The van der Waals surface area contributed by atoms with Crippen LogP contribution in [0.1, 0.15) is 24.3 Å². The molecule has 0 aliphatic carbocycles. The van der Waals surface area contributed by atoms with Crippen molar-refractivity contribution < 1.29 is 19.0 Å². The fourth-order valence-corrected chi connectivity index (χ4v) is 2.67. The van der Waals surface area contributed by atoms with Crippen LogP contribution >= 0.6 is 0 Å². The van der Waals surface area contributed by atoms with Crippen LogP contribution in [0.4, 0.5) is 0 Å². The Morgan fingerprint density at radius 1 is 1.35 bits per heavy atom. The smallest absolute Gasteiger partial charge is 0.220 e. The molecule has 1 aromatic carbocycles. The number of hydrogen-bond acceptors (Lipinski definition) is 4. The number of hydrogen-bond donors (Lipinski definition) is 1. The summed E-state index contributed by atoms with van der Waals surface area (Å²) in [6, 6.07) is 5.90. The predicted octanol–water partition coefficient (Wildman–Crippen LogP) is 1.47. The zero-order valence-electron chi connectivity index (χ0n) is 11.6. The number of methoxy groups -OCH3 is 1. The van der Waals surface area contributed by atoms with Gasteiger partial charge in [-0.15, -0.1) is 0 Å². The quantitative estimate of drug-likeness (QED) is 0.905. The van der Waals surface area contributed by atoms with Crippen molar-refractivity contribution in [1.29, 1.82) is 0 Å². The fourth-order valence-electron chi connectivity index (χ4n) is 2.67. The second-order valence-corrected chi connectivity index (χ2v) is 5.22. The summed E-state index contributed by atoms with van der Waals surface area (Å²) in [4.78, 5) is 11.3. The van der Waals surface area contributed by atoms with Crippen molar-refractivity contribution in [1.82, 2.24) is 5.32 Å². The lowest BCUT2D eigenvalue weighted by molar-refractivity contribution is -0.119. The minimum atomic E-state index is 0.0856. The zero-order valence-corrected chi connectivity index (χ0v) is 11.6. The van der Waals surface area contributed by atoms with Gasteiger partial charge in [0.1, 0.15) is 6.10 Å². The van der Waals surface area contributed by atoms with Crippen LogP contribution in [-0.4, -0.2) is 38.9 Å². The molecule has 0 unspecified atom stereocenters. The molecule has 0 bridgehead atoms. The molecule has 2 heterocycles. The van der Waals surface area contributed by atoms with Gasteiger partial charge >= 0.3 is 0 Å². The highest BCUT2D eigenvalue weighted by atomic mass is 16.6. The Kier molecular flexibility index (Phi) is 3.78. The fraction of sp³-hybridized carbons (Fsp3) is 0.533. The lowest BCUT2D eigenvalue weighted by Gasteiger charge is -2.17. The van der Waals surface area contributed by atoms with Gasteiger partial charge in [-0.1, -0.05) is 6.07 Å². The van der Waals surface area contributed by atoms with Gasteiger partial charge < -0.3 is 19.5 Å². The van der Waals surface area contributed by atoms with Gasteiger partial charge in [0.05, 0.1) is 20.3 Å². The third-order valence-electron chi connectivity index (χ3n) is 3.82. The molecular weight excluding hydrogens is 258 g/mol. The first-order chi connectivity index (χ1) is 9.76. The molecule has 2 aliphatic heterocycles. The number of rotatable bonds is 4. The predicted molar refractivity (Wildman–Crippen MR) is 73.2 cm³/mol. The maximum atomic E-state index is 11.3. The van der Waals surface area contributed by atoms with Gasteiger partial charge in [0.25, 0.3) is 0 Å². The Bertz CT molecular complexity index is 497. The second kappa shape index (κ2) is 5.71. The molecule has 20 heavy (non-hydrogen) atoms. The molecule has 3 rings (SSSR count). The van der Waals surface area contributed by atoms with Crippen molar-refractivity contribution in [3.05, 3.63) is 23.8 Å². The Balaban J connectivity index is 1.80. The highest BCUT2D eigenvalue weighted by Gasteiger charge is 2.25. The van der Waals surface area contributed by atoms with E-state index in [-0.39, 0.29) is 17.9 Å². The summed E-state index contributed by atoms with van der Waals surface area (Å²) in [5, 5.41) is 2.86. The van der Waals surface area contributed by atoms with Gasteiger partial charge in [-0.05, 0) is 17.7 Å². The molecule has 2 fully saturated rings. The summed E-state index contributed by atoms with van der Waals surface area (Å²) in [6.07, 6.45) is 1.53. The first-order valence-corrected chi connectivity index (χ1v) is 6.95. The number of carbonyl (C=O) groups is 1. The normalized spacial score (nSPS) is 25.6. The van der Waals surface area contributed by atoms with Crippen LogP contribution < -0.4 is 14.8 Å². The van der Waals surface area contributed by atoms with E-state index in [0.29, 0.717) is 19.6 Å². The highest BCUT2D eigenvalue weighted by Crippen LogP contribution is 2.34. The SMILES string of the molecule is COc1ccc([C@@H]2CNC(=O)C2)cc1O[C@H]1CCOC1. The molecule has 2 aliphatic rings. The maximum absolute atomic E-state index is 11.3. The van der Waals surface area contributed by atoms with Crippen LogP contribution in [0.15, 0.2) is 18.2 Å². The number of carbonyl (C=O) groups excluding carboxylic acids is 1. The first-order valence-electron chi connectivity index (χ1n) is 6.95. The van der Waals surface area contributed by atoms with E-state index in [4.69, 9.17) is 14.2 Å². The van der Waals surface area contributed by atoms with Crippen LogP contribution in [0.25, 0.3) is 0 Å². The monoisotopic (exact) mass is 277 g/mol. The van der Waals surface area contributed by atoms with E-state index >= 15 is 0 Å². The number of benzene rings is 1. The van der Waals surface area contributed by atoms with Crippen molar-refractivity contribution in [3.63, 3.8) is 0 Å². The molecule has 0 saturated carbocycles. The zero-order chi connectivity index (χ0) is 13.9. The summed E-state index contributed by atoms with van der Waals surface area (Å²) >= 11 is 0. The molecule has 2 atom stereocenters. The number of ether oxygens (including phenoxy) is 3. The molecule has 108 valence electrons. The topological polar surface area (TPSA) is 56.8 Å². The van der Waals surface area contributed by atoms with Crippen molar-refractivity contribution >= 4 is 5.91 Å². The highest BCUT2D eigenvalue weighted by molar-refractivity contribution is 5.79. The standard InChI is InChI=1S/C15H19NO4/c1-18-13-3-2-10(11-7-15(17)16-8-11)6-14(13)20-12-4-5-19-9-12/h2-3,6,11-12H,4-5,7-9H2,1H3,(H,16,17)/t11-,12-/m0/s1. The van der Waals surface area contributed by atoms with Gasteiger partial charge in [0.15, 0.2) is 11.5 Å². The summed E-state index contributed by atoms with van der Waals surface area (Å²) in [6.45, 7) is 2.06. The summed E-state index contributed by atoms with van der Waals surface area (Å²) in [5.41, 5.74) is 1.11. The van der Waals surface area contributed by atoms with Gasteiger partial charge in [0.2, 0.25) is 5.91 Å². The molecule has 1 N–H and O–H groups in total. The van der Waals surface area contributed by atoms with E-state index in [1.165, 1.54) is 0 Å². The lowest BCUT2D eigenvalue weighted by Crippen LogP contribution is -2.16. The largest absolute Gasteiger partial charge is 0.493 e. The molecule has 0 radical (unpaired) electrons. The second-order valence-electron chi connectivity index (χ2n) is 5.22. The van der Waals surface area contributed by atoms with Crippen LogP contribution in [0, 0.1) is 0 Å². The molecule has 0 aromatic heterocycles. The molecule has 1 amide bonds. The van der Waals surface area contributed by atoms with Crippen LogP contribution in [-0.2, 0) is 9.53 Å². The van der Waals surface area contributed by atoms with E-state index in [1.54, 1.807) is 7.11 Å². The number of nitrogens with one attached hydrogen (secondary N) is 1. The van der Waals surface area contributed by atoms with Crippen molar-refractivity contribution in [2.45, 2.75) is 24.9 Å². The minimum absolute atomic E-state index is 0.0856. The number of amides is 1. The minimum Gasteiger partial charge on any atom is -0.493 e. The molecule has 5 nitrogen and oxygen atoms in total. The van der Waals surface area contributed by atoms with Gasteiger partial charge in [-0.2, -0.15) is 0 Å². The van der Waals surface area contributed by atoms with Crippen LogP contribution in [0.2, 0.25) is 0 Å². The first kappa shape index (κ1) is 13.2. The average molecular weight is 277 g/mol. The molecule has 0 spiro atoms. The third kappa shape index (κ3) is 2.72. The molecule has 5 heteroatoms. The Hall–Kier alpha value is -1.75. The maximum Gasteiger partial charge on any atom is 0.220 e. The summed E-state index contributed by atoms with van der Waals surface area (Å²) in [5.74, 6) is 1.78. The Morgan fingerprint density at radius 2 is 2.25 bits per heavy atom. The molecule has 1 aromatic rings. The lowest BCUT2D eigenvalue weighted by atomic mass is 9.98. The van der Waals surface area contributed by atoms with Gasteiger partial charge in [0, 0.05) is 25.3 Å². The molecular formula is C15H19NO4. The third-order valence-corrected chi connectivity index (χ3v) is 3.82. The summed E-state index contributed by atoms with van der Waals surface area (Å²) < 4.78 is 16.6. The van der Waals surface area contributed by atoms with Crippen molar-refractivity contribution in [3.8, 4) is 11.5 Å². The summed E-state index contributed by atoms with van der Waals surface area (Å²) in [7, 11) is 1.63. The Morgan fingerprint density at radius 3 is 2.90 bits per heavy atom.